The topological polar surface area (TPSA) is 3.24 Å². The van der Waals surface area contributed by atoms with Gasteiger partial charge in [0.05, 0.1) is 0 Å². The molecule has 0 aromatic heterocycles. The van der Waals surface area contributed by atoms with E-state index in [1.165, 1.54) is 37.9 Å². The van der Waals surface area contributed by atoms with E-state index in [2.05, 4.69) is 62.9 Å². The molecule has 0 unspecified atom stereocenters. The zero-order valence-electron chi connectivity index (χ0n) is 12.5. The van der Waals surface area contributed by atoms with Crippen LogP contribution in [-0.4, -0.2) is 24.0 Å². The molecule has 1 nitrogen and oxygen atoms in total. The van der Waals surface area contributed by atoms with Crippen LogP contribution >= 0.6 is 0 Å². The summed E-state index contributed by atoms with van der Waals surface area (Å²) in [6, 6.07) is 11.5. The molecule has 18 heavy (non-hydrogen) atoms. The number of hydrogen-bond donors (Lipinski definition) is 0. The summed E-state index contributed by atoms with van der Waals surface area (Å²) < 4.78 is 0. The van der Waals surface area contributed by atoms with Crippen molar-refractivity contribution in [2.24, 2.45) is 5.92 Å². The van der Waals surface area contributed by atoms with Crippen molar-refractivity contribution in [3.8, 4) is 0 Å². The Hall–Kier alpha value is -0.820. The molecule has 0 radical (unpaired) electrons. The first-order valence-electron chi connectivity index (χ1n) is 7.37. The standard InChI is InChI=1S/C17H29N/c1-15(2)12-14-18(16(3)4)13-8-11-17-9-6-5-7-10-17/h5-7,9-10,15-16H,8,11-14H2,1-4H3. The van der Waals surface area contributed by atoms with Crippen molar-refractivity contribution >= 4 is 0 Å². The van der Waals surface area contributed by atoms with E-state index in [9.17, 15) is 0 Å². The molecule has 102 valence electrons. The maximum absolute atomic E-state index is 2.61. The Kier molecular flexibility index (Phi) is 7.04. The molecule has 0 bridgehead atoms. The van der Waals surface area contributed by atoms with Gasteiger partial charge in [-0.25, -0.2) is 0 Å². The fraction of sp³-hybridized carbons (Fsp3) is 0.647. The van der Waals surface area contributed by atoms with Crippen molar-refractivity contribution in [1.29, 1.82) is 0 Å². The Balaban J connectivity index is 2.29. The largest absolute Gasteiger partial charge is 0.301 e. The van der Waals surface area contributed by atoms with E-state index in [-0.39, 0.29) is 0 Å². The summed E-state index contributed by atoms with van der Waals surface area (Å²) in [5, 5.41) is 0. The first kappa shape index (κ1) is 15.2. The maximum Gasteiger partial charge on any atom is 0.00385 e. The second-order valence-electron chi connectivity index (χ2n) is 5.90. The van der Waals surface area contributed by atoms with Crippen molar-refractivity contribution < 1.29 is 0 Å². The van der Waals surface area contributed by atoms with Crippen molar-refractivity contribution in [1.82, 2.24) is 4.90 Å². The van der Waals surface area contributed by atoms with Crippen molar-refractivity contribution in [2.45, 2.75) is 53.0 Å². The third-order valence-electron chi connectivity index (χ3n) is 3.48. The Morgan fingerprint density at radius 3 is 2.17 bits per heavy atom. The predicted octanol–water partition coefficient (Wildman–Crippen LogP) is 4.38. The maximum atomic E-state index is 2.61. The van der Waals surface area contributed by atoms with Crippen LogP contribution in [0.15, 0.2) is 30.3 Å². The summed E-state index contributed by atoms with van der Waals surface area (Å²) in [6.45, 7) is 11.7. The van der Waals surface area contributed by atoms with E-state index < -0.39 is 0 Å². The molecule has 1 heteroatoms. The van der Waals surface area contributed by atoms with Gasteiger partial charge in [-0.05, 0) is 57.7 Å². The summed E-state index contributed by atoms with van der Waals surface area (Å²) in [5.41, 5.74) is 1.46. The number of aryl methyl sites for hydroxylation is 1. The van der Waals surface area contributed by atoms with Crippen LogP contribution in [0, 0.1) is 5.92 Å². The lowest BCUT2D eigenvalue weighted by Crippen LogP contribution is -2.33. The highest BCUT2D eigenvalue weighted by molar-refractivity contribution is 5.14. The molecule has 1 aromatic carbocycles. The quantitative estimate of drug-likeness (QED) is 0.659. The van der Waals surface area contributed by atoms with Gasteiger partial charge >= 0.3 is 0 Å². The van der Waals surface area contributed by atoms with Gasteiger partial charge in [-0.3, -0.25) is 0 Å². The van der Waals surface area contributed by atoms with E-state index in [4.69, 9.17) is 0 Å². The lowest BCUT2D eigenvalue weighted by Gasteiger charge is -2.27. The van der Waals surface area contributed by atoms with Crippen molar-refractivity contribution in [2.75, 3.05) is 13.1 Å². The summed E-state index contributed by atoms with van der Waals surface area (Å²) in [4.78, 5) is 2.61. The minimum atomic E-state index is 0.666. The monoisotopic (exact) mass is 247 g/mol. The molecule has 0 spiro atoms. The van der Waals surface area contributed by atoms with Crippen LogP contribution in [0.3, 0.4) is 0 Å². The Labute approximate surface area is 113 Å². The van der Waals surface area contributed by atoms with Crippen LogP contribution in [0.2, 0.25) is 0 Å². The summed E-state index contributed by atoms with van der Waals surface area (Å²) in [5.74, 6) is 0.806. The molecule has 1 aromatic rings. The predicted molar refractivity (Wildman–Crippen MR) is 80.9 cm³/mol. The minimum Gasteiger partial charge on any atom is -0.301 e. The molecule has 0 aliphatic heterocycles. The molecular weight excluding hydrogens is 218 g/mol. The minimum absolute atomic E-state index is 0.666. The first-order valence-corrected chi connectivity index (χ1v) is 7.37. The average molecular weight is 247 g/mol. The molecule has 0 amide bonds. The number of rotatable bonds is 8. The van der Waals surface area contributed by atoms with Gasteiger partial charge in [0.15, 0.2) is 0 Å². The Morgan fingerprint density at radius 2 is 1.61 bits per heavy atom. The smallest absolute Gasteiger partial charge is 0.00385 e. The fourth-order valence-corrected chi connectivity index (χ4v) is 2.18. The van der Waals surface area contributed by atoms with Crippen LogP contribution < -0.4 is 0 Å². The van der Waals surface area contributed by atoms with Gasteiger partial charge in [-0.15, -0.1) is 0 Å². The van der Waals surface area contributed by atoms with Crippen LogP contribution in [0.1, 0.15) is 46.1 Å². The van der Waals surface area contributed by atoms with Crippen molar-refractivity contribution in [3.05, 3.63) is 35.9 Å². The highest BCUT2D eigenvalue weighted by atomic mass is 15.1. The fourth-order valence-electron chi connectivity index (χ4n) is 2.18. The van der Waals surface area contributed by atoms with Gasteiger partial charge in [-0.1, -0.05) is 44.2 Å². The third kappa shape index (κ3) is 6.20. The zero-order chi connectivity index (χ0) is 13.4. The summed E-state index contributed by atoms with van der Waals surface area (Å²) >= 11 is 0. The summed E-state index contributed by atoms with van der Waals surface area (Å²) in [6.07, 6.45) is 3.77. The van der Waals surface area contributed by atoms with Gasteiger partial charge in [0.1, 0.15) is 0 Å². The SMILES string of the molecule is CC(C)CCN(CCCc1ccccc1)C(C)C. The van der Waals surface area contributed by atoms with Gasteiger partial charge in [0.25, 0.3) is 0 Å². The Bertz CT molecular complexity index is 303. The molecule has 1 rings (SSSR count). The van der Waals surface area contributed by atoms with Crippen LogP contribution in [-0.2, 0) is 6.42 Å². The molecule has 0 fully saturated rings. The highest BCUT2D eigenvalue weighted by Gasteiger charge is 2.09. The lowest BCUT2D eigenvalue weighted by molar-refractivity contribution is 0.207. The van der Waals surface area contributed by atoms with Gasteiger partial charge in [0.2, 0.25) is 0 Å². The number of nitrogens with zero attached hydrogens (tertiary/aromatic N) is 1. The van der Waals surface area contributed by atoms with E-state index in [1.807, 2.05) is 0 Å². The van der Waals surface area contributed by atoms with Crippen LogP contribution in [0.25, 0.3) is 0 Å². The molecule has 0 heterocycles. The zero-order valence-corrected chi connectivity index (χ0v) is 12.5. The molecule has 0 saturated heterocycles. The molecule has 0 saturated carbocycles. The average Bonchev–Trinajstić information content (AvgIpc) is 2.34. The number of benzene rings is 1. The highest BCUT2D eigenvalue weighted by Crippen LogP contribution is 2.09. The van der Waals surface area contributed by atoms with Crippen molar-refractivity contribution in [3.63, 3.8) is 0 Å². The summed E-state index contributed by atoms with van der Waals surface area (Å²) in [7, 11) is 0. The van der Waals surface area contributed by atoms with Gasteiger partial charge in [0, 0.05) is 6.04 Å². The van der Waals surface area contributed by atoms with Crippen LogP contribution in [0.5, 0.6) is 0 Å². The molecule has 0 aliphatic rings. The van der Waals surface area contributed by atoms with Crippen LogP contribution in [0.4, 0.5) is 0 Å². The lowest BCUT2D eigenvalue weighted by atomic mass is 10.1. The van der Waals surface area contributed by atoms with Gasteiger partial charge < -0.3 is 4.90 Å². The Morgan fingerprint density at radius 1 is 0.944 bits per heavy atom. The molecular formula is C17H29N. The number of hydrogen-bond acceptors (Lipinski definition) is 1. The first-order chi connectivity index (χ1) is 8.59. The molecule has 0 atom stereocenters. The van der Waals surface area contributed by atoms with Gasteiger partial charge in [-0.2, -0.15) is 0 Å². The molecule has 0 aliphatic carbocycles. The van der Waals surface area contributed by atoms with E-state index >= 15 is 0 Å². The second kappa shape index (κ2) is 8.31. The normalized spacial score (nSPS) is 11.7. The van der Waals surface area contributed by atoms with E-state index in [0.717, 1.165) is 5.92 Å². The second-order valence-corrected chi connectivity index (χ2v) is 5.90. The molecule has 0 N–H and O–H groups in total. The van der Waals surface area contributed by atoms with E-state index in [1.54, 1.807) is 0 Å². The van der Waals surface area contributed by atoms with E-state index in [0.29, 0.717) is 6.04 Å². The third-order valence-corrected chi connectivity index (χ3v) is 3.48.